The molecule has 1 aromatic rings. The number of ether oxygens (including phenoxy) is 1. The van der Waals surface area contributed by atoms with E-state index in [1.165, 1.54) is 0 Å². The molecule has 0 spiro atoms. The number of nitrogens with one attached hydrogen (secondary N) is 1. The molecule has 0 bridgehead atoms. The molecule has 0 unspecified atom stereocenters. The van der Waals surface area contributed by atoms with Gasteiger partial charge >= 0.3 is 0 Å². The highest BCUT2D eigenvalue weighted by Crippen LogP contribution is 2.24. The third kappa shape index (κ3) is 2.12. The Bertz CT molecular complexity index is 328. The Morgan fingerprint density at radius 3 is 2.85 bits per heavy atom. The van der Waals surface area contributed by atoms with Gasteiger partial charge in [0.25, 0.3) is 0 Å². The maximum Gasteiger partial charge on any atom is 0.142 e. The minimum atomic E-state index is 0.636. The van der Waals surface area contributed by atoms with Gasteiger partial charge in [0, 0.05) is 6.54 Å². The fourth-order valence-corrected chi connectivity index (χ4v) is 1.11. The van der Waals surface area contributed by atoms with Crippen LogP contribution in [0.5, 0.6) is 5.75 Å². The van der Waals surface area contributed by atoms with E-state index >= 15 is 0 Å². The molecule has 68 valence electrons. The lowest BCUT2D eigenvalue weighted by Crippen LogP contribution is -1.99. The van der Waals surface area contributed by atoms with Crippen molar-refractivity contribution in [1.82, 2.24) is 0 Å². The molecule has 1 N–H and O–H groups in total. The van der Waals surface area contributed by atoms with Gasteiger partial charge in [0.05, 0.1) is 24.4 Å². The predicted molar refractivity (Wildman–Crippen MR) is 51.9 cm³/mol. The Balaban J connectivity index is 3.04. The maximum absolute atomic E-state index is 8.68. The minimum Gasteiger partial charge on any atom is -0.495 e. The summed E-state index contributed by atoms with van der Waals surface area (Å²) in [6.45, 7) is 2.81. The van der Waals surface area contributed by atoms with Crippen LogP contribution in [0.2, 0.25) is 0 Å². The van der Waals surface area contributed by atoms with Crippen molar-refractivity contribution in [1.29, 1.82) is 5.26 Å². The van der Waals surface area contributed by atoms with Crippen LogP contribution in [0.1, 0.15) is 12.5 Å². The topological polar surface area (TPSA) is 45.0 Å². The van der Waals surface area contributed by atoms with Crippen LogP contribution in [0.25, 0.3) is 0 Å². The highest BCUT2D eigenvalue weighted by atomic mass is 16.5. The summed E-state index contributed by atoms with van der Waals surface area (Å²) in [5, 5.41) is 11.8. The molecular weight excluding hydrogens is 164 g/mol. The van der Waals surface area contributed by atoms with Crippen LogP contribution in [0.4, 0.5) is 5.69 Å². The lowest BCUT2D eigenvalue weighted by Gasteiger charge is -2.09. The summed E-state index contributed by atoms with van der Waals surface area (Å²) in [5.74, 6) is 0.765. The SMILES string of the molecule is CCNc1cc(C#N)ccc1OC. The Morgan fingerprint density at radius 2 is 2.31 bits per heavy atom. The number of benzene rings is 1. The summed E-state index contributed by atoms with van der Waals surface area (Å²) in [7, 11) is 1.61. The van der Waals surface area contributed by atoms with E-state index < -0.39 is 0 Å². The van der Waals surface area contributed by atoms with Crippen molar-refractivity contribution in [3.05, 3.63) is 23.8 Å². The molecule has 0 aromatic heterocycles. The fraction of sp³-hybridized carbons (Fsp3) is 0.300. The first kappa shape index (κ1) is 9.40. The van der Waals surface area contributed by atoms with E-state index in [1.807, 2.05) is 6.92 Å². The molecule has 1 rings (SSSR count). The molecule has 3 heteroatoms. The molecule has 0 saturated heterocycles. The van der Waals surface area contributed by atoms with Crippen molar-refractivity contribution in [3.63, 3.8) is 0 Å². The van der Waals surface area contributed by atoms with E-state index in [-0.39, 0.29) is 0 Å². The molecule has 1 aromatic carbocycles. The summed E-state index contributed by atoms with van der Waals surface area (Å²) >= 11 is 0. The second-order valence-electron chi connectivity index (χ2n) is 2.56. The van der Waals surface area contributed by atoms with E-state index in [0.717, 1.165) is 18.0 Å². The molecule has 13 heavy (non-hydrogen) atoms. The number of methoxy groups -OCH3 is 1. The summed E-state index contributed by atoms with van der Waals surface area (Å²) in [6.07, 6.45) is 0. The Kier molecular flexibility index (Phi) is 3.15. The van der Waals surface area contributed by atoms with Crippen molar-refractivity contribution in [2.24, 2.45) is 0 Å². The summed E-state index contributed by atoms with van der Waals surface area (Å²) < 4.78 is 5.13. The first-order valence-corrected chi connectivity index (χ1v) is 4.13. The number of hydrogen-bond acceptors (Lipinski definition) is 3. The van der Waals surface area contributed by atoms with Gasteiger partial charge in [0.15, 0.2) is 0 Å². The first-order valence-electron chi connectivity index (χ1n) is 4.13. The van der Waals surface area contributed by atoms with Crippen molar-refractivity contribution < 1.29 is 4.74 Å². The molecule has 0 aliphatic carbocycles. The van der Waals surface area contributed by atoms with Crippen LogP contribution in [0, 0.1) is 11.3 Å². The molecule has 0 atom stereocenters. The van der Waals surface area contributed by atoms with Gasteiger partial charge in [-0.2, -0.15) is 5.26 Å². The van der Waals surface area contributed by atoms with Gasteiger partial charge in [-0.25, -0.2) is 0 Å². The summed E-state index contributed by atoms with van der Waals surface area (Å²) in [6, 6.07) is 7.39. The highest BCUT2D eigenvalue weighted by Gasteiger charge is 2.01. The zero-order valence-corrected chi connectivity index (χ0v) is 7.79. The lowest BCUT2D eigenvalue weighted by atomic mass is 10.2. The van der Waals surface area contributed by atoms with Crippen molar-refractivity contribution in [3.8, 4) is 11.8 Å². The van der Waals surface area contributed by atoms with Crippen LogP contribution in [0.15, 0.2) is 18.2 Å². The zero-order valence-electron chi connectivity index (χ0n) is 7.79. The Labute approximate surface area is 77.9 Å². The normalized spacial score (nSPS) is 9.00. The number of anilines is 1. The Hall–Kier alpha value is -1.69. The van der Waals surface area contributed by atoms with Crippen molar-refractivity contribution >= 4 is 5.69 Å². The molecule has 3 nitrogen and oxygen atoms in total. The van der Waals surface area contributed by atoms with E-state index in [9.17, 15) is 0 Å². The van der Waals surface area contributed by atoms with Crippen LogP contribution in [0.3, 0.4) is 0 Å². The van der Waals surface area contributed by atoms with E-state index in [0.29, 0.717) is 5.56 Å². The first-order chi connectivity index (χ1) is 6.31. The van der Waals surface area contributed by atoms with Gasteiger partial charge in [0.2, 0.25) is 0 Å². The van der Waals surface area contributed by atoms with E-state index in [4.69, 9.17) is 10.00 Å². The predicted octanol–water partition coefficient (Wildman–Crippen LogP) is 2.00. The van der Waals surface area contributed by atoms with Gasteiger partial charge in [0.1, 0.15) is 5.75 Å². The van der Waals surface area contributed by atoms with Gasteiger partial charge < -0.3 is 10.1 Å². The molecule has 0 heterocycles. The van der Waals surface area contributed by atoms with Gasteiger partial charge in [-0.3, -0.25) is 0 Å². The third-order valence-electron chi connectivity index (χ3n) is 1.70. The molecular formula is C10H12N2O. The maximum atomic E-state index is 8.68. The van der Waals surface area contributed by atoms with Crippen molar-refractivity contribution in [2.45, 2.75) is 6.92 Å². The molecule has 0 saturated carbocycles. The molecule has 0 radical (unpaired) electrons. The second kappa shape index (κ2) is 4.36. The number of rotatable bonds is 3. The number of nitrogens with zero attached hydrogens (tertiary/aromatic N) is 1. The quantitative estimate of drug-likeness (QED) is 0.766. The average Bonchev–Trinajstić information content (AvgIpc) is 2.18. The van der Waals surface area contributed by atoms with Crippen molar-refractivity contribution in [2.75, 3.05) is 19.0 Å². The number of nitriles is 1. The molecule has 0 amide bonds. The summed E-state index contributed by atoms with van der Waals surface area (Å²) in [5.41, 5.74) is 1.50. The van der Waals surface area contributed by atoms with Crippen LogP contribution in [-0.2, 0) is 0 Å². The van der Waals surface area contributed by atoms with E-state index in [1.54, 1.807) is 25.3 Å². The van der Waals surface area contributed by atoms with Gasteiger partial charge in [-0.15, -0.1) is 0 Å². The second-order valence-corrected chi connectivity index (χ2v) is 2.56. The number of hydrogen-bond donors (Lipinski definition) is 1. The molecule has 0 aliphatic rings. The van der Waals surface area contributed by atoms with Gasteiger partial charge in [-0.05, 0) is 25.1 Å². The Morgan fingerprint density at radius 1 is 1.54 bits per heavy atom. The molecule has 0 fully saturated rings. The summed E-state index contributed by atoms with van der Waals surface area (Å²) in [4.78, 5) is 0. The van der Waals surface area contributed by atoms with Crippen LogP contribution >= 0.6 is 0 Å². The smallest absolute Gasteiger partial charge is 0.142 e. The van der Waals surface area contributed by atoms with Crippen LogP contribution in [-0.4, -0.2) is 13.7 Å². The van der Waals surface area contributed by atoms with Gasteiger partial charge in [-0.1, -0.05) is 0 Å². The minimum absolute atomic E-state index is 0.636. The lowest BCUT2D eigenvalue weighted by molar-refractivity contribution is 0.416. The highest BCUT2D eigenvalue weighted by molar-refractivity contribution is 5.59. The van der Waals surface area contributed by atoms with Crippen LogP contribution < -0.4 is 10.1 Å². The zero-order chi connectivity index (χ0) is 9.68. The average molecular weight is 176 g/mol. The van der Waals surface area contributed by atoms with E-state index in [2.05, 4.69) is 11.4 Å². The third-order valence-corrected chi connectivity index (χ3v) is 1.70. The molecule has 0 aliphatic heterocycles. The largest absolute Gasteiger partial charge is 0.495 e. The standard InChI is InChI=1S/C10H12N2O/c1-3-12-9-6-8(7-11)4-5-10(9)13-2/h4-6,12H,3H2,1-2H3. The fourth-order valence-electron chi connectivity index (χ4n) is 1.11. The monoisotopic (exact) mass is 176 g/mol.